The van der Waals surface area contributed by atoms with Crippen molar-refractivity contribution in [1.29, 1.82) is 0 Å². The standard InChI is InChI=1S/C26H24FNO4/c1-4-31-26(29)25-17(2)28(19-9-11-20(30-3)12-10-19)24-14-13-21(15-22(24)25)32-16-18-7-5-6-8-23(18)27/h5-15H,4,16H2,1-3H3. The van der Waals surface area contributed by atoms with Crippen LogP contribution in [-0.4, -0.2) is 24.3 Å². The normalized spacial score (nSPS) is 10.9. The monoisotopic (exact) mass is 433 g/mol. The van der Waals surface area contributed by atoms with E-state index in [0.717, 1.165) is 22.6 Å². The van der Waals surface area contributed by atoms with Gasteiger partial charge in [0.2, 0.25) is 0 Å². The van der Waals surface area contributed by atoms with E-state index in [4.69, 9.17) is 14.2 Å². The molecule has 0 atom stereocenters. The van der Waals surface area contributed by atoms with Crippen molar-refractivity contribution in [2.75, 3.05) is 13.7 Å². The van der Waals surface area contributed by atoms with Crippen LogP contribution in [0.25, 0.3) is 16.6 Å². The summed E-state index contributed by atoms with van der Waals surface area (Å²) in [5, 5.41) is 0.711. The second-order valence-corrected chi connectivity index (χ2v) is 7.27. The number of ether oxygens (including phenoxy) is 3. The molecule has 1 aromatic heterocycles. The van der Waals surface area contributed by atoms with Crippen molar-refractivity contribution in [2.45, 2.75) is 20.5 Å². The lowest BCUT2D eigenvalue weighted by molar-refractivity contribution is 0.0527. The lowest BCUT2D eigenvalue weighted by Gasteiger charge is -2.10. The van der Waals surface area contributed by atoms with Gasteiger partial charge in [0.05, 0.1) is 24.8 Å². The van der Waals surface area contributed by atoms with Crippen LogP contribution in [-0.2, 0) is 11.3 Å². The lowest BCUT2D eigenvalue weighted by atomic mass is 10.1. The summed E-state index contributed by atoms with van der Waals surface area (Å²) in [4.78, 5) is 12.8. The van der Waals surface area contributed by atoms with Gasteiger partial charge in [-0.15, -0.1) is 0 Å². The first-order valence-electron chi connectivity index (χ1n) is 10.4. The second kappa shape index (κ2) is 9.14. The van der Waals surface area contributed by atoms with Crippen molar-refractivity contribution in [3.05, 3.63) is 89.4 Å². The van der Waals surface area contributed by atoms with Crippen LogP contribution in [0.1, 0.15) is 28.5 Å². The van der Waals surface area contributed by atoms with Crippen LogP contribution in [0.3, 0.4) is 0 Å². The molecule has 32 heavy (non-hydrogen) atoms. The van der Waals surface area contributed by atoms with Crippen LogP contribution in [0.5, 0.6) is 11.5 Å². The summed E-state index contributed by atoms with van der Waals surface area (Å²) in [5.41, 5.74) is 3.44. The summed E-state index contributed by atoms with van der Waals surface area (Å²) in [6, 6.07) is 19.6. The molecule has 0 N–H and O–H groups in total. The maximum absolute atomic E-state index is 13.9. The van der Waals surface area contributed by atoms with Gasteiger partial charge in [-0.3, -0.25) is 0 Å². The number of nitrogens with zero attached hydrogens (tertiary/aromatic N) is 1. The molecule has 0 amide bonds. The Morgan fingerprint density at radius 1 is 1.00 bits per heavy atom. The van der Waals surface area contributed by atoms with Gasteiger partial charge >= 0.3 is 5.97 Å². The van der Waals surface area contributed by atoms with Crippen molar-refractivity contribution < 1.29 is 23.4 Å². The predicted molar refractivity (Wildman–Crippen MR) is 121 cm³/mol. The van der Waals surface area contributed by atoms with Gasteiger partial charge in [-0.25, -0.2) is 9.18 Å². The molecule has 0 aliphatic carbocycles. The molecule has 1 heterocycles. The van der Waals surface area contributed by atoms with E-state index in [9.17, 15) is 9.18 Å². The van der Waals surface area contributed by atoms with Crippen molar-refractivity contribution in [1.82, 2.24) is 4.57 Å². The molecule has 0 unspecified atom stereocenters. The fourth-order valence-corrected chi connectivity index (χ4v) is 3.79. The van der Waals surface area contributed by atoms with Crippen LogP contribution in [0.15, 0.2) is 66.7 Å². The molecule has 0 saturated heterocycles. The zero-order chi connectivity index (χ0) is 22.7. The zero-order valence-corrected chi connectivity index (χ0v) is 18.2. The molecule has 4 aromatic rings. The van der Waals surface area contributed by atoms with Crippen LogP contribution in [0.4, 0.5) is 4.39 Å². The van der Waals surface area contributed by atoms with Gasteiger partial charge in [0.1, 0.15) is 23.9 Å². The molecule has 0 saturated carbocycles. The molecular formula is C26H24FNO4. The third-order valence-corrected chi connectivity index (χ3v) is 5.34. The number of carbonyl (C=O) groups excluding carboxylic acids is 1. The highest BCUT2D eigenvalue weighted by atomic mass is 19.1. The molecule has 5 nitrogen and oxygen atoms in total. The molecule has 0 radical (unpaired) electrons. The first-order chi connectivity index (χ1) is 15.5. The average Bonchev–Trinajstić information content (AvgIpc) is 3.10. The van der Waals surface area contributed by atoms with Gasteiger partial charge in [0.15, 0.2) is 0 Å². The number of hydrogen-bond donors (Lipinski definition) is 0. The Hall–Kier alpha value is -3.80. The Balaban J connectivity index is 1.78. The summed E-state index contributed by atoms with van der Waals surface area (Å²) in [6.07, 6.45) is 0. The molecule has 164 valence electrons. The second-order valence-electron chi connectivity index (χ2n) is 7.27. The topological polar surface area (TPSA) is 49.7 Å². The van der Waals surface area contributed by atoms with Crippen molar-refractivity contribution in [3.63, 3.8) is 0 Å². The number of methoxy groups -OCH3 is 1. The Labute approximate surface area is 186 Å². The number of benzene rings is 3. The van der Waals surface area contributed by atoms with Gasteiger partial charge in [-0.05, 0) is 62.4 Å². The number of hydrogen-bond acceptors (Lipinski definition) is 4. The molecule has 0 bridgehead atoms. The van der Waals surface area contributed by atoms with Gasteiger partial charge in [-0.1, -0.05) is 18.2 Å². The SMILES string of the molecule is CCOC(=O)c1c(C)n(-c2ccc(OC)cc2)c2ccc(OCc3ccccc3F)cc12. The van der Waals surface area contributed by atoms with Crippen molar-refractivity contribution in [3.8, 4) is 17.2 Å². The Morgan fingerprint density at radius 2 is 1.72 bits per heavy atom. The summed E-state index contributed by atoms with van der Waals surface area (Å²) in [6.45, 7) is 4.03. The maximum atomic E-state index is 13.9. The molecule has 0 fully saturated rings. The molecule has 0 aliphatic heterocycles. The smallest absolute Gasteiger partial charge is 0.340 e. The minimum atomic E-state index is -0.395. The van der Waals surface area contributed by atoms with Crippen LogP contribution in [0.2, 0.25) is 0 Å². The van der Waals surface area contributed by atoms with Gasteiger partial charge < -0.3 is 18.8 Å². The third-order valence-electron chi connectivity index (χ3n) is 5.34. The van der Waals surface area contributed by atoms with Gasteiger partial charge in [-0.2, -0.15) is 0 Å². The lowest BCUT2D eigenvalue weighted by Crippen LogP contribution is -2.07. The third kappa shape index (κ3) is 4.04. The van der Waals surface area contributed by atoms with Crippen molar-refractivity contribution in [2.24, 2.45) is 0 Å². The number of rotatable bonds is 7. The van der Waals surface area contributed by atoms with E-state index < -0.39 is 5.97 Å². The van der Waals surface area contributed by atoms with Crippen molar-refractivity contribution >= 4 is 16.9 Å². The highest BCUT2D eigenvalue weighted by Crippen LogP contribution is 2.33. The highest BCUT2D eigenvalue weighted by Gasteiger charge is 2.22. The van der Waals surface area contributed by atoms with Crippen LogP contribution < -0.4 is 9.47 Å². The minimum Gasteiger partial charge on any atom is -0.497 e. The Kier molecular flexibility index (Phi) is 6.12. The summed E-state index contributed by atoms with van der Waals surface area (Å²) >= 11 is 0. The molecule has 0 spiro atoms. The molecule has 0 aliphatic rings. The largest absolute Gasteiger partial charge is 0.497 e. The van der Waals surface area contributed by atoms with E-state index in [-0.39, 0.29) is 19.0 Å². The number of esters is 1. The average molecular weight is 433 g/mol. The zero-order valence-electron chi connectivity index (χ0n) is 18.2. The summed E-state index contributed by atoms with van der Waals surface area (Å²) < 4.78 is 32.4. The predicted octanol–water partition coefficient (Wildman–Crippen LogP) is 5.84. The molecule has 3 aromatic carbocycles. The number of carbonyl (C=O) groups is 1. The molecule has 6 heteroatoms. The number of halogens is 1. The first-order valence-corrected chi connectivity index (χ1v) is 10.4. The van der Waals surface area contributed by atoms with Crippen LogP contribution >= 0.6 is 0 Å². The van der Waals surface area contributed by atoms with E-state index in [2.05, 4.69) is 0 Å². The van der Waals surface area contributed by atoms with E-state index in [1.165, 1.54) is 6.07 Å². The maximum Gasteiger partial charge on any atom is 0.340 e. The minimum absolute atomic E-state index is 0.0884. The fraction of sp³-hybridized carbons (Fsp3) is 0.192. The fourth-order valence-electron chi connectivity index (χ4n) is 3.79. The molecular weight excluding hydrogens is 409 g/mol. The van der Waals surface area contributed by atoms with E-state index in [0.29, 0.717) is 22.3 Å². The number of aromatic nitrogens is 1. The van der Waals surface area contributed by atoms with Gasteiger partial charge in [0, 0.05) is 22.3 Å². The quantitative estimate of drug-likeness (QED) is 0.344. The first kappa shape index (κ1) is 21.4. The summed E-state index contributed by atoms with van der Waals surface area (Å²) in [5.74, 6) is 0.575. The Morgan fingerprint density at radius 3 is 2.41 bits per heavy atom. The van der Waals surface area contributed by atoms with Gasteiger partial charge in [0.25, 0.3) is 0 Å². The summed E-state index contributed by atoms with van der Waals surface area (Å²) in [7, 11) is 1.62. The van der Waals surface area contributed by atoms with E-state index in [1.54, 1.807) is 38.3 Å². The van der Waals surface area contributed by atoms with E-state index >= 15 is 0 Å². The molecule has 4 rings (SSSR count). The van der Waals surface area contributed by atoms with E-state index in [1.807, 2.05) is 47.9 Å². The Bertz CT molecular complexity index is 1260. The number of fused-ring (bicyclic) bond motifs is 1. The highest BCUT2D eigenvalue weighted by molar-refractivity contribution is 6.07. The van der Waals surface area contributed by atoms with Crippen LogP contribution in [0, 0.1) is 12.7 Å².